The number of nitrogens with zero attached hydrogens (tertiary/aromatic N) is 1. The first-order valence-corrected chi connectivity index (χ1v) is 14.5. The molecule has 2 atom stereocenters. The molecule has 3 aromatic rings. The minimum absolute atomic E-state index is 0.0251. The average Bonchev–Trinajstić information content (AvgIpc) is 2.99. The van der Waals surface area contributed by atoms with Crippen molar-refractivity contribution in [1.29, 1.82) is 0 Å². The van der Waals surface area contributed by atoms with Crippen LogP contribution < -0.4 is 21.5 Å². The van der Waals surface area contributed by atoms with Crippen LogP contribution in [-0.4, -0.2) is 65.7 Å². The van der Waals surface area contributed by atoms with E-state index in [0.29, 0.717) is 38.2 Å². The summed E-state index contributed by atoms with van der Waals surface area (Å²) < 4.78 is 5.30. The Balaban J connectivity index is 2.13. The Morgan fingerprint density at radius 2 is 1.56 bits per heavy atom. The number of aliphatic hydroxyl groups excluding tert-OH is 1. The van der Waals surface area contributed by atoms with E-state index < -0.39 is 23.8 Å². The van der Waals surface area contributed by atoms with E-state index >= 15 is 0 Å². The lowest BCUT2D eigenvalue weighted by molar-refractivity contribution is 0.0751. The van der Waals surface area contributed by atoms with Gasteiger partial charge in [0.15, 0.2) is 0 Å². The molecule has 0 bridgehead atoms. The Bertz CT molecular complexity index is 1400. The van der Waals surface area contributed by atoms with Gasteiger partial charge in [0.2, 0.25) is 11.8 Å². The fraction of sp³-hybridized carbons (Fsp3) is 0.364. The standard InChI is InChI=1S/C33H42N4O6/c1-4-13-37(14-5-2)33(42)28-18-23(31(34)40)17-27(32(35)41)30(28)26(16-21-9-11-24(38)12-10-21)29(39)20-36-19-22-7-6-8-25(15-22)43-3/h6-12,15,17-18,26,29,36,38-39H,4-5,13-14,16,19-20H2,1-3H3,(H2,34,40)(H2,35,41)/t26-,29+/m1/s1. The summed E-state index contributed by atoms with van der Waals surface area (Å²) in [4.78, 5) is 40.9. The molecule has 0 saturated carbocycles. The summed E-state index contributed by atoms with van der Waals surface area (Å²) >= 11 is 0. The predicted octanol–water partition coefficient (Wildman–Crippen LogP) is 3.34. The van der Waals surface area contributed by atoms with Gasteiger partial charge in [-0.15, -0.1) is 0 Å². The van der Waals surface area contributed by atoms with Crippen LogP contribution in [0.5, 0.6) is 11.5 Å². The van der Waals surface area contributed by atoms with E-state index in [4.69, 9.17) is 16.2 Å². The van der Waals surface area contributed by atoms with Gasteiger partial charge in [-0.1, -0.05) is 38.1 Å². The quantitative estimate of drug-likeness (QED) is 0.170. The molecule has 0 aliphatic carbocycles. The van der Waals surface area contributed by atoms with Crippen LogP contribution in [0.25, 0.3) is 0 Å². The van der Waals surface area contributed by atoms with Gasteiger partial charge in [0.25, 0.3) is 5.91 Å². The van der Waals surface area contributed by atoms with Gasteiger partial charge in [-0.05, 0) is 72.4 Å². The number of aliphatic hydroxyl groups is 1. The van der Waals surface area contributed by atoms with Crippen LogP contribution in [0, 0.1) is 0 Å². The van der Waals surface area contributed by atoms with Gasteiger partial charge in [-0.3, -0.25) is 14.4 Å². The van der Waals surface area contributed by atoms with Gasteiger partial charge in [0.1, 0.15) is 11.5 Å². The average molecular weight is 591 g/mol. The largest absolute Gasteiger partial charge is 0.508 e. The smallest absolute Gasteiger partial charge is 0.254 e. The third-order valence-electron chi connectivity index (χ3n) is 7.28. The number of carbonyl (C=O) groups is 3. The number of amides is 3. The zero-order valence-corrected chi connectivity index (χ0v) is 25.0. The molecule has 230 valence electrons. The van der Waals surface area contributed by atoms with Gasteiger partial charge in [-0.2, -0.15) is 0 Å². The molecule has 0 fully saturated rings. The maximum atomic E-state index is 14.1. The lowest BCUT2D eigenvalue weighted by atomic mass is 9.80. The second-order valence-electron chi connectivity index (χ2n) is 10.5. The molecule has 0 aliphatic heterocycles. The molecule has 7 N–H and O–H groups in total. The Morgan fingerprint density at radius 3 is 2.14 bits per heavy atom. The van der Waals surface area contributed by atoms with E-state index in [2.05, 4.69) is 5.32 Å². The number of nitrogens with one attached hydrogen (secondary N) is 1. The molecule has 0 saturated heterocycles. The molecule has 43 heavy (non-hydrogen) atoms. The van der Waals surface area contributed by atoms with Crippen molar-refractivity contribution in [2.24, 2.45) is 11.5 Å². The van der Waals surface area contributed by atoms with E-state index in [-0.39, 0.29) is 46.9 Å². The van der Waals surface area contributed by atoms with Gasteiger partial charge in [0, 0.05) is 48.8 Å². The lowest BCUT2D eigenvalue weighted by Crippen LogP contribution is -2.38. The first-order chi connectivity index (χ1) is 20.6. The number of nitrogens with two attached hydrogens (primary N) is 2. The summed E-state index contributed by atoms with van der Waals surface area (Å²) in [6.07, 6.45) is 0.523. The Hall–Kier alpha value is -4.41. The number of ether oxygens (including phenoxy) is 1. The van der Waals surface area contributed by atoms with Crippen molar-refractivity contribution >= 4 is 17.7 Å². The van der Waals surface area contributed by atoms with Crippen LogP contribution in [-0.2, 0) is 13.0 Å². The number of methoxy groups -OCH3 is 1. The molecule has 0 spiro atoms. The maximum Gasteiger partial charge on any atom is 0.254 e. The number of benzene rings is 3. The second-order valence-corrected chi connectivity index (χ2v) is 10.5. The van der Waals surface area contributed by atoms with Crippen LogP contribution >= 0.6 is 0 Å². The van der Waals surface area contributed by atoms with E-state index in [1.54, 1.807) is 24.1 Å². The summed E-state index contributed by atoms with van der Waals surface area (Å²) in [7, 11) is 1.59. The van der Waals surface area contributed by atoms with Crippen LogP contribution in [0.1, 0.15) is 80.4 Å². The van der Waals surface area contributed by atoms with Crippen LogP contribution in [0.15, 0.2) is 60.7 Å². The molecule has 0 aromatic heterocycles. The normalized spacial score (nSPS) is 12.4. The monoisotopic (exact) mass is 590 g/mol. The number of hydrogen-bond donors (Lipinski definition) is 5. The van der Waals surface area contributed by atoms with Crippen molar-refractivity contribution < 1.29 is 29.3 Å². The van der Waals surface area contributed by atoms with E-state index in [1.807, 2.05) is 38.1 Å². The number of aromatic hydroxyl groups is 1. The number of hydrogen-bond acceptors (Lipinski definition) is 7. The molecule has 10 heteroatoms. The minimum atomic E-state index is -1.09. The third kappa shape index (κ3) is 8.79. The highest BCUT2D eigenvalue weighted by atomic mass is 16.5. The van der Waals surface area contributed by atoms with E-state index in [0.717, 1.165) is 11.1 Å². The fourth-order valence-corrected chi connectivity index (χ4v) is 5.21. The van der Waals surface area contributed by atoms with Crippen LogP contribution in [0.2, 0.25) is 0 Å². The van der Waals surface area contributed by atoms with Crippen LogP contribution in [0.3, 0.4) is 0 Å². The SMILES string of the molecule is CCCN(CCC)C(=O)c1cc(C(N)=O)cc(C(N)=O)c1[C@H](Cc1ccc(O)cc1)[C@@H](O)CNCc1cccc(OC)c1. The third-order valence-corrected chi connectivity index (χ3v) is 7.28. The summed E-state index contributed by atoms with van der Waals surface area (Å²) in [6.45, 7) is 5.37. The van der Waals surface area contributed by atoms with Crippen LogP contribution in [0.4, 0.5) is 0 Å². The lowest BCUT2D eigenvalue weighted by Gasteiger charge is -2.30. The highest BCUT2D eigenvalue weighted by Crippen LogP contribution is 2.33. The molecule has 10 nitrogen and oxygen atoms in total. The van der Waals surface area contributed by atoms with Crippen molar-refractivity contribution in [3.05, 3.63) is 94.0 Å². The highest BCUT2D eigenvalue weighted by Gasteiger charge is 2.32. The first kappa shape index (κ1) is 33.1. The molecular weight excluding hydrogens is 548 g/mol. The zero-order valence-electron chi connectivity index (χ0n) is 25.0. The summed E-state index contributed by atoms with van der Waals surface area (Å²) in [5.74, 6) is -2.05. The molecule has 0 unspecified atom stereocenters. The van der Waals surface area contributed by atoms with Crippen molar-refractivity contribution in [3.8, 4) is 11.5 Å². The number of phenolic OH excluding ortho intramolecular Hbond substituents is 1. The maximum absolute atomic E-state index is 14.1. The van der Waals surface area contributed by atoms with Gasteiger partial charge >= 0.3 is 0 Å². The molecule has 0 heterocycles. The van der Waals surface area contributed by atoms with Crippen molar-refractivity contribution in [2.75, 3.05) is 26.7 Å². The molecule has 3 aromatic carbocycles. The summed E-state index contributed by atoms with van der Waals surface area (Å²) in [6, 6.07) is 16.7. The van der Waals surface area contributed by atoms with Crippen molar-refractivity contribution in [2.45, 2.75) is 51.7 Å². The van der Waals surface area contributed by atoms with Gasteiger partial charge < -0.3 is 36.6 Å². The number of carbonyl (C=O) groups excluding carboxylic acids is 3. The Labute approximate surface area is 252 Å². The van der Waals surface area contributed by atoms with Crippen molar-refractivity contribution in [1.82, 2.24) is 10.2 Å². The number of phenols is 1. The Morgan fingerprint density at radius 1 is 0.907 bits per heavy atom. The molecular formula is C33H42N4O6. The zero-order chi connectivity index (χ0) is 31.5. The molecule has 3 rings (SSSR count). The molecule has 3 amide bonds. The topological polar surface area (TPSA) is 168 Å². The van der Waals surface area contributed by atoms with E-state index in [9.17, 15) is 24.6 Å². The van der Waals surface area contributed by atoms with Crippen molar-refractivity contribution in [3.63, 3.8) is 0 Å². The summed E-state index contributed by atoms with van der Waals surface area (Å²) in [5.41, 5.74) is 13.4. The first-order valence-electron chi connectivity index (χ1n) is 14.5. The Kier molecular flexibility index (Phi) is 12.1. The van der Waals surface area contributed by atoms with Gasteiger partial charge in [-0.25, -0.2) is 0 Å². The summed E-state index contributed by atoms with van der Waals surface area (Å²) in [5, 5.41) is 24.8. The second kappa shape index (κ2) is 15.7. The van der Waals surface area contributed by atoms with E-state index in [1.165, 1.54) is 24.3 Å². The fourth-order valence-electron chi connectivity index (χ4n) is 5.21. The minimum Gasteiger partial charge on any atom is -0.508 e. The van der Waals surface area contributed by atoms with Gasteiger partial charge in [0.05, 0.1) is 13.2 Å². The predicted molar refractivity (Wildman–Crippen MR) is 165 cm³/mol. The number of rotatable bonds is 16. The molecule has 0 aliphatic rings. The molecule has 0 radical (unpaired) electrons. The highest BCUT2D eigenvalue weighted by molar-refractivity contribution is 6.06. The number of primary amides is 2.